The van der Waals surface area contributed by atoms with E-state index in [2.05, 4.69) is 18.7 Å². The summed E-state index contributed by atoms with van der Waals surface area (Å²) >= 11 is 0. The van der Waals surface area contributed by atoms with Crippen LogP contribution in [0.4, 0.5) is 5.69 Å². The molecule has 1 fully saturated rings. The number of nitrogen functional groups attached to an aromatic ring is 1. The van der Waals surface area contributed by atoms with Crippen molar-refractivity contribution in [2.24, 2.45) is 0 Å². The van der Waals surface area contributed by atoms with E-state index >= 15 is 0 Å². The lowest BCUT2D eigenvalue weighted by Gasteiger charge is -2.38. The molecule has 1 aromatic rings. The summed E-state index contributed by atoms with van der Waals surface area (Å²) in [7, 11) is 1.92. The van der Waals surface area contributed by atoms with Gasteiger partial charge in [0.15, 0.2) is 0 Å². The Hall–Kier alpha value is -1.55. The summed E-state index contributed by atoms with van der Waals surface area (Å²) in [6, 6.07) is 6.46. The van der Waals surface area contributed by atoms with E-state index in [0.717, 1.165) is 37.1 Å². The zero-order valence-electron chi connectivity index (χ0n) is 13.6. The molecule has 0 spiro atoms. The minimum absolute atomic E-state index is 0.0859. The van der Waals surface area contributed by atoms with Gasteiger partial charge in [0.05, 0.1) is 0 Å². The van der Waals surface area contributed by atoms with Crippen LogP contribution in [0.5, 0.6) is 0 Å². The topological polar surface area (TPSA) is 49.6 Å². The van der Waals surface area contributed by atoms with E-state index < -0.39 is 0 Å². The molecule has 1 aliphatic heterocycles. The predicted molar refractivity (Wildman–Crippen MR) is 87.4 cm³/mol. The Balaban J connectivity index is 2.05. The number of hydrogen-bond donors (Lipinski definition) is 1. The quantitative estimate of drug-likeness (QED) is 0.870. The molecule has 1 amide bonds. The van der Waals surface area contributed by atoms with Gasteiger partial charge in [0.25, 0.3) is 5.91 Å². The van der Waals surface area contributed by atoms with Gasteiger partial charge < -0.3 is 15.5 Å². The summed E-state index contributed by atoms with van der Waals surface area (Å²) in [5, 5.41) is 0. The normalized spacial score (nSPS) is 17.2. The van der Waals surface area contributed by atoms with Crippen molar-refractivity contribution in [2.75, 3.05) is 25.9 Å². The second kappa shape index (κ2) is 6.48. The number of rotatable bonds is 3. The van der Waals surface area contributed by atoms with Crippen LogP contribution in [-0.2, 0) is 0 Å². The molecule has 0 aromatic heterocycles. The summed E-state index contributed by atoms with van der Waals surface area (Å²) in [4.78, 5) is 17.1. The van der Waals surface area contributed by atoms with Gasteiger partial charge in [-0.3, -0.25) is 4.79 Å². The highest BCUT2D eigenvalue weighted by Gasteiger charge is 2.27. The number of benzene rings is 1. The highest BCUT2D eigenvalue weighted by atomic mass is 16.2. The Morgan fingerprint density at radius 3 is 2.52 bits per heavy atom. The molecule has 2 N–H and O–H groups in total. The second-order valence-electron chi connectivity index (χ2n) is 6.35. The van der Waals surface area contributed by atoms with Crippen LogP contribution in [0.15, 0.2) is 18.2 Å². The lowest BCUT2D eigenvalue weighted by Crippen LogP contribution is -2.47. The van der Waals surface area contributed by atoms with E-state index in [4.69, 9.17) is 5.73 Å². The van der Waals surface area contributed by atoms with Gasteiger partial charge in [-0.1, -0.05) is 6.07 Å². The van der Waals surface area contributed by atoms with Gasteiger partial charge in [0.2, 0.25) is 0 Å². The maximum Gasteiger partial charge on any atom is 0.254 e. The fourth-order valence-electron chi connectivity index (χ4n) is 3.02. The number of carbonyl (C=O) groups is 1. The molecule has 4 heteroatoms. The van der Waals surface area contributed by atoms with Gasteiger partial charge >= 0.3 is 0 Å². The van der Waals surface area contributed by atoms with E-state index in [9.17, 15) is 4.79 Å². The molecular formula is C17H27N3O. The lowest BCUT2D eigenvalue weighted by molar-refractivity contribution is 0.0614. The number of aryl methyl sites for hydroxylation is 1. The first-order valence-electron chi connectivity index (χ1n) is 7.77. The number of nitrogens with two attached hydrogens (primary N) is 1. The maximum atomic E-state index is 12.7. The average molecular weight is 289 g/mol. The molecule has 4 nitrogen and oxygen atoms in total. The second-order valence-corrected chi connectivity index (χ2v) is 6.35. The van der Waals surface area contributed by atoms with Crippen LogP contribution >= 0.6 is 0 Å². The molecule has 21 heavy (non-hydrogen) atoms. The third kappa shape index (κ3) is 3.56. The van der Waals surface area contributed by atoms with Crippen molar-refractivity contribution in [3.63, 3.8) is 0 Å². The Kier molecular flexibility index (Phi) is 4.88. The van der Waals surface area contributed by atoms with Gasteiger partial charge in [-0.2, -0.15) is 0 Å². The Labute approximate surface area is 127 Å². The Morgan fingerprint density at radius 2 is 1.95 bits per heavy atom. The third-order valence-corrected chi connectivity index (χ3v) is 4.59. The lowest BCUT2D eigenvalue weighted by atomic mass is 10.00. The highest BCUT2D eigenvalue weighted by Crippen LogP contribution is 2.21. The van der Waals surface area contributed by atoms with Crippen LogP contribution in [0.2, 0.25) is 0 Å². The van der Waals surface area contributed by atoms with Crippen LogP contribution in [0.25, 0.3) is 0 Å². The molecule has 2 rings (SSSR count). The molecular weight excluding hydrogens is 262 g/mol. The predicted octanol–water partition coefficient (Wildman–Crippen LogP) is 2.52. The van der Waals surface area contributed by atoms with Gasteiger partial charge in [0, 0.05) is 43.5 Å². The number of amides is 1. The smallest absolute Gasteiger partial charge is 0.254 e. The molecule has 1 saturated heterocycles. The Bertz CT molecular complexity index is 505. The zero-order chi connectivity index (χ0) is 15.6. The van der Waals surface area contributed by atoms with Crippen LogP contribution in [-0.4, -0.2) is 47.9 Å². The minimum Gasteiger partial charge on any atom is -0.399 e. The number of likely N-dealkylation sites (tertiary alicyclic amines) is 1. The number of piperidine rings is 1. The third-order valence-electron chi connectivity index (χ3n) is 4.59. The first-order valence-corrected chi connectivity index (χ1v) is 7.77. The van der Waals surface area contributed by atoms with Crippen molar-refractivity contribution < 1.29 is 4.79 Å². The van der Waals surface area contributed by atoms with E-state index in [1.807, 2.05) is 31.0 Å². The first kappa shape index (κ1) is 15.8. The van der Waals surface area contributed by atoms with Crippen molar-refractivity contribution in [3.8, 4) is 0 Å². The molecule has 0 aliphatic carbocycles. The summed E-state index contributed by atoms with van der Waals surface area (Å²) in [6.45, 7) is 8.55. The van der Waals surface area contributed by atoms with Crippen LogP contribution in [0.3, 0.4) is 0 Å². The first-order chi connectivity index (χ1) is 9.90. The van der Waals surface area contributed by atoms with Crippen LogP contribution in [0, 0.1) is 6.92 Å². The highest BCUT2D eigenvalue weighted by molar-refractivity contribution is 5.96. The van der Waals surface area contributed by atoms with E-state index in [1.54, 1.807) is 6.07 Å². The zero-order valence-corrected chi connectivity index (χ0v) is 13.6. The monoisotopic (exact) mass is 289 g/mol. The number of carbonyl (C=O) groups excluding carboxylic acids is 1. The van der Waals surface area contributed by atoms with Gasteiger partial charge in [-0.15, -0.1) is 0 Å². The van der Waals surface area contributed by atoms with E-state index in [1.165, 1.54) is 0 Å². The fourth-order valence-corrected chi connectivity index (χ4v) is 3.02. The van der Waals surface area contributed by atoms with Crippen molar-refractivity contribution in [3.05, 3.63) is 29.3 Å². The van der Waals surface area contributed by atoms with Gasteiger partial charge in [-0.25, -0.2) is 0 Å². The molecule has 0 saturated carbocycles. The van der Waals surface area contributed by atoms with Crippen molar-refractivity contribution in [1.82, 2.24) is 9.80 Å². The maximum absolute atomic E-state index is 12.7. The molecule has 1 heterocycles. The van der Waals surface area contributed by atoms with Gasteiger partial charge in [0.1, 0.15) is 0 Å². The molecule has 1 aliphatic rings. The van der Waals surface area contributed by atoms with E-state index in [-0.39, 0.29) is 5.91 Å². The summed E-state index contributed by atoms with van der Waals surface area (Å²) in [5.41, 5.74) is 8.18. The molecule has 116 valence electrons. The van der Waals surface area contributed by atoms with Crippen molar-refractivity contribution in [2.45, 2.75) is 45.7 Å². The average Bonchev–Trinajstić information content (AvgIpc) is 2.48. The molecule has 0 radical (unpaired) electrons. The summed E-state index contributed by atoms with van der Waals surface area (Å²) in [5.74, 6) is 0.0859. The molecule has 0 unspecified atom stereocenters. The standard InChI is InChI=1S/C17H27N3O/c1-12(2)20-9-7-15(8-10-20)19(4)17(21)16-11-14(18)6-5-13(16)3/h5-6,11-12,15H,7-10,18H2,1-4H3. The van der Waals surface area contributed by atoms with Crippen molar-refractivity contribution in [1.29, 1.82) is 0 Å². The number of nitrogens with zero attached hydrogens (tertiary/aromatic N) is 2. The molecule has 0 atom stereocenters. The van der Waals surface area contributed by atoms with Gasteiger partial charge in [-0.05, 0) is 51.3 Å². The summed E-state index contributed by atoms with van der Waals surface area (Å²) < 4.78 is 0. The van der Waals surface area contributed by atoms with Crippen LogP contribution in [0.1, 0.15) is 42.6 Å². The van der Waals surface area contributed by atoms with Crippen molar-refractivity contribution >= 4 is 11.6 Å². The van der Waals surface area contributed by atoms with E-state index in [0.29, 0.717) is 17.8 Å². The van der Waals surface area contributed by atoms with Crippen LogP contribution < -0.4 is 5.73 Å². The molecule has 1 aromatic carbocycles. The SMILES string of the molecule is Cc1ccc(N)cc1C(=O)N(C)C1CCN(C(C)C)CC1. The Morgan fingerprint density at radius 1 is 1.33 bits per heavy atom. The largest absolute Gasteiger partial charge is 0.399 e. The number of anilines is 1. The number of hydrogen-bond acceptors (Lipinski definition) is 3. The molecule has 0 bridgehead atoms. The fraction of sp³-hybridized carbons (Fsp3) is 0.588. The minimum atomic E-state index is 0.0859. The summed E-state index contributed by atoms with van der Waals surface area (Å²) in [6.07, 6.45) is 2.09.